The lowest BCUT2D eigenvalue weighted by Gasteiger charge is -2.03. The Bertz CT molecular complexity index is 546. The van der Waals surface area contributed by atoms with E-state index in [1.807, 2.05) is 11.4 Å². The number of H-pyrrole nitrogens is 1. The van der Waals surface area contributed by atoms with Crippen molar-refractivity contribution >= 4 is 17.2 Å². The van der Waals surface area contributed by atoms with E-state index in [2.05, 4.69) is 15.7 Å². The van der Waals surface area contributed by atoms with Crippen molar-refractivity contribution in [1.29, 1.82) is 0 Å². The van der Waals surface area contributed by atoms with E-state index < -0.39 is 0 Å². The number of rotatable bonds is 4. The lowest BCUT2D eigenvalue weighted by Crippen LogP contribution is -2.26. The molecule has 1 amide bonds. The zero-order valence-corrected chi connectivity index (χ0v) is 9.92. The molecule has 0 aliphatic carbocycles. The van der Waals surface area contributed by atoms with Gasteiger partial charge in [0.2, 0.25) is 5.56 Å². The molecule has 0 radical (unpaired) electrons. The van der Waals surface area contributed by atoms with Gasteiger partial charge in [0, 0.05) is 24.4 Å². The van der Waals surface area contributed by atoms with Gasteiger partial charge in [0.25, 0.3) is 5.91 Å². The molecule has 5 heteroatoms. The van der Waals surface area contributed by atoms with Crippen LogP contribution in [0, 0.1) is 0 Å². The number of nitrogens with one attached hydrogen (secondary N) is 2. The molecule has 0 saturated carbocycles. The Morgan fingerprint density at radius 2 is 2.29 bits per heavy atom. The first kappa shape index (κ1) is 11.6. The zero-order valence-electron chi connectivity index (χ0n) is 9.10. The number of aromatic amines is 1. The quantitative estimate of drug-likeness (QED) is 0.859. The van der Waals surface area contributed by atoms with Crippen LogP contribution in [-0.4, -0.2) is 17.4 Å². The Hall–Kier alpha value is -1.88. The first-order chi connectivity index (χ1) is 8.25. The number of thiophene rings is 1. The summed E-state index contributed by atoms with van der Waals surface area (Å²) in [6, 6.07) is 4.91. The van der Waals surface area contributed by atoms with Gasteiger partial charge in [0.05, 0.1) is 0 Å². The highest BCUT2D eigenvalue weighted by molar-refractivity contribution is 7.07. The van der Waals surface area contributed by atoms with Crippen molar-refractivity contribution in [1.82, 2.24) is 10.3 Å². The Morgan fingerprint density at radius 3 is 3.00 bits per heavy atom. The van der Waals surface area contributed by atoms with Crippen LogP contribution in [0.5, 0.6) is 0 Å². The van der Waals surface area contributed by atoms with Crippen LogP contribution in [0.4, 0.5) is 0 Å². The van der Waals surface area contributed by atoms with Gasteiger partial charge in [0.15, 0.2) is 0 Å². The minimum Gasteiger partial charge on any atom is -0.352 e. The van der Waals surface area contributed by atoms with Crippen LogP contribution in [0.2, 0.25) is 0 Å². The molecular weight excluding hydrogens is 236 g/mol. The fraction of sp³-hybridized carbons (Fsp3) is 0.167. The van der Waals surface area contributed by atoms with E-state index >= 15 is 0 Å². The Labute approximate surface area is 102 Å². The lowest BCUT2D eigenvalue weighted by atomic mass is 10.2. The summed E-state index contributed by atoms with van der Waals surface area (Å²) in [5.74, 6) is -0.216. The molecule has 4 nitrogen and oxygen atoms in total. The third-order valence-corrected chi connectivity index (χ3v) is 3.05. The van der Waals surface area contributed by atoms with Gasteiger partial charge in [-0.15, -0.1) is 0 Å². The molecule has 0 aliphatic rings. The second-order valence-corrected chi connectivity index (χ2v) is 4.36. The molecule has 2 N–H and O–H groups in total. The molecule has 0 atom stereocenters. The van der Waals surface area contributed by atoms with E-state index in [0.717, 1.165) is 6.42 Å². The average molecular weight is 248 g/mol. The maximum Gasteiger partial charge on any atom is 0.251 e. The van der Waals surface area contributed by atoms with E-state index in [-0.39, 0.29) is 11.5 Å². The number of pyridine rings is 1. The van der Waals surface area contributed by atoms with E-state index in [1.165, 1.54) is 17.8 Å². The summed E-state index contributed by atoms with van der Waals surface area (Å²) in [5.41, 5.74) is 1.33. The van der Waals surface area contributed by atoms with E-state index in [0.29, 0.717) is 12.1 Å². The van der Waals surface area contributed by atoms with Gasteiger partial charge in [-0.25, -0.2) is 0 Å². The van der Waals surface area contributed by atoms with Gasteiger partial charge >= 0.3 is 0 Å². The number of hydrogen-bond donors (Lipinski definition) is 2. The second-order valence-electron chi connectivity index (χ2n) is 3.58. The molecule has 88 valence electrons. The minimum atomic E-state index is -0.268. The third-order valence-electron chi connectivity index (χ3n) is 2.32. The second kappa shape index (κ2) is 5.45. The summed E-state index contributed by atoms with van der Waals surface area (Å²) >= 11 is 1.64. The fourth-order valence-corrected chi connectivity index (χ4v) is 2.15. The highest BCUT2D eigenvalue weighted by atomic mass is 32.1. The molecule has 17 heavy (non-hydrogen) atoms. The molecule has 2 heterocycles. The third kappa shape index (κ3) is 3.29. The Kier molecular flexibility index (Phi) is 3.72. The number of carbonyl (C=O) groups excluding carboxylic acids is 1. The highest BCUT2D eigenvalue weighted by Gasteiger charge is 2.04. The predicted octanol–water partition coefficient (Wildman–Crippen LogP) is 1.41. The number of aromatic nitrogens is 1. The number of amides is 1. The van der Waals surface area contributed by atoms with Crippen LogP contribution in [-0.2, 0) is 6.42 Å². The molecule has 0 fully saturated rings. The summed E-state index contributed by atoms with van der Waals surface area (Å²) in [6.45, 7) is 0.572. The van der Waals surface area contributed by atoms with Gasteiger partial charge in [-0.05, 0) is 34.9 Å². The summed E-state index contributed by atoms with van der Waals surface area (Å²) in [4.78, 5) is 25.2. The molecule has 0 aromatic carbocycles. The van der Waals surface area contributed by atoms with Gasteiger partial charge in [-0.3, -0.25) is 9.59 Å². The molecule has 2 aromatic rings. The largest absolute Gasteiger partial charge is 0.352 e. The summed E-state index contributed by atoms with van der Waals surface area (Å²) < 4.78 is 0. The standard InChI is InChI=1S/C12H12N2O2S/c15-11-7-10(2-5-13-11)12(16)14-4-1-9-3-6-17-8-9/h2-3,5-8H,1,4H2,(H,13,15)(H,14,16). The van der Waals surface area contributed by atoms with E-state index in [4.69, 9.17) is 0 Å². The SMILES string of the molecule is O=C(NCCc1ccsc1)c1cc[nH]c(=O)c1. The maximum absolute atomic E-state index is 11.7. The van der Waals surface area contributed by atoms with Crippen LogP contribution >= 0.6 is 11.3 Å². The normalized spacial score (nSPS) is 10.1. The number of carbonyl (C=O) groups is 1. The fourth-order valence-electron chi connectivity index (χ4n) is 1.44. The summed E-state index contributed by atoms with van der Waals surface area (Å²) in [7, 11) is 0. The minimum absolute atomic E-state index is 0.216. The Balaban J connectivity index is 1.87. The van der Waals surface area contributed by atoms with Gasteiger partial charge < -0.3 is 10.3 Å². The van der Waals surface area contributed by atoms with E-state index in [9.17, 15) is 9.59 Å². The first-order valence-electron chi connectivity index (χ1n) is 5.24. The van der Waals surface area contributed by atoms with Crippen LogP contribution < -0.4 is 10.9 Å². The van der Waals surface area contributed by atoms with Crippen molar-refractivity contribution in [2.45, 2.75) is 6.42 Å². The summed E-state index contributed by atoms with van der Waals surface area (Å²) in [6.07, 6.45) is 2.27. The van der Waals surface area contributed by atoms with Gasteiger partial charge in [0.1, 0.15) is 0 Å². The number of hydrogen-bond acceptors (Lipinski definition) is 3. The lowest BCUT2D eigenvalue weighted by molar-refractivity contribution is 0.0954. The van der Waals surface area contributed by atoms with Crippen molar-refractivity contribution in [2.24, 2.45) is 0 Å². The monoisotopic (exact) mass is 248 g/mol. The molecule has 2 rings (SSSR count). The summed E-state index contributed by atoms with van der Waals surface area (Å²) in [5, 5.41) is 6.84. The van der Waals surface area contributed by atoms with Crippen LogP contribution in [0.25, 0.3) is 0 Å². The molecule has 0 spiro atoms. The van der Waals surface area contributed by atoms with Crippen molar-refractivity contribution in [3.63, 3.8) is 0 Å². The molecular formula is C12H12N2O2S. The van der Waals surface area contributed by atoms with Gasteiger partial charge in [-0.2, -0.15) is 11.3 Å². The highest BCUT2D eigenvalue weighted by Crippen LogP contribution is 2.05. The smallest absolute Gasteiger partial charge is 0.251 e. The van der Waals surface area contributed by atoms with E-state index in [1.54, 1.807) is 17.4 Å². The predicted molar refractivity (Wildman–Crippen MR) is 67.4 cm³/mol. The average Bonchev–Trinajstić information content (AvgIpc) is 2.82. The van der Waals surface area contributed by atoms with Crippen LogP contribution in [0.15, 0.2) is 40.0 Å². The van der Waals surface area contributed by atoms with Crippen molar-refractivity contribution in [3.05, 3.63) is 56.6 Å². The van der Waals surface area contributed by atoms with Gasteiger partial charge in [-0.1, -0.05) is 0 Å². The zero-order chi connectivity index (χ0) is 12.1. The Morgan fingerprint density at radius 1 is 1.41 bits per heavy atom. The van der Waals surface area contributed by atoms with Crippen LogP contribution in [0.1, 0.15) is 15.9 Å². The van der Waals surface area contributed by atoms with Crippen LogP contribution in [0.3, 0.4) is 0 Å². The molecule has 2 aromatic heterocycles. The topological polar surface area (TPSA) is 62.0 Å². The molecule has 0 bridgehead atoms. The molecule has 0 unspecified atom stereocenters. The van der Waals surface area contributed by atoms with Crippen molar-refractivity contribution < 1.29 is 4.79 Å². The molecule has 0 saturated heterocycles. The van der Waals surface area contributed by atoms with Crippen molar-refractivity contribution in [2.75, 3.05) is 6.54 Å². The maximum atomic E-state index is 11.7. The molecule has 0 aliphatic heterocycles. The van der Waals surface area contributed by atoms with Crippen molar-refractivity contribution in [3.8, 4) is 0 Å². The first-order valence-corrected chi connectivity index (χ1v) is 6.18.